The van der Waals surface area contributed by atoms with Crippen LogP contribution in [0.5, 0.6) is 0 Å². The fourth-order valence-corrected chi connectivity index (χ4v) is 4.77. The number of sulfonamides is 2. The van der Waals surface area contributed by atoms with E-state index in [1.807, 2.05) is 0 Å². The van der Waals surface area contributed by atoms with Gasteiger partial charge < -0.3 is 0 Å². The number of thiophene rings is 1. The molecule has 0 aliphatic heterocycles. The van der Waals surface area contributed by atoms with Gasteiger partial charge in [0.15, 0.2) is 0 Å². The zero-order chi connectivity index (χ0) is 15.7. The third-order valence-electron chi connectivity index (χ3n) is 2.74. The maximum atomic E-state index is 12.2. The molecule has 1 aromatic carbocycles. The number of nitrogens with two attached hydrogens (primary N) is 1. The zero-order valence-electron chi connectivity index (χ0n) is 11.1. The molecule has 21 heavy (non-hydrogen) atoms. The molecule has 6 nitrogen and oxygen atoms in total. The number of hydrogen-bond acceptors (Lipinski definition) is 5. The third kappa shape index (κ3) is 3.89. The first-order chi connectivity index (χ1) is 9.70. The van der Waals surface area contributed by atoms with Gasteiger partial charge in [-0.1, -0.05) is 18.2 Å². The highest BCUT2D eigenvalue weighted by Crippen LogP contribution is 2.21. The highest BCUT2D eigenvalue weighted by molar-refractivity contribution is 7.91. The molecule has 9 heteroatoms. The van der Waals surface area contributed by atoms with E-state index in [1.54, 1.807) is 25.1 Å². The van der Waals surface area contributed by atoms with Crippen LogP contribution in [0.1, 0.15) is 10.4 Å². The van der Waals surface area contributed by atoms with Gasteiger partial charge in [-0.25, -0.2) is 26.7 Å². The highest BCUT2D eigenvalue weighted by atomic mass is 32.2. The molecule has 1 heterocycles. The smallest absolute Gasteiger partial charge is 0.224 e. The average Bonchev–Trinajstić information content (AvgIpc) is 2.85. The summed E-state index contributed by atoms with van der Waals surface area (Å²) in [6, 6.07) is 9.51. The molecule has 0 spiro atoms. The summed E-state index contributed by atoms with van der Waals surface area (Å²) in [4.78, 5) is 0.768. The second-order valence-corrected chi connectivity index (χ2v) is 9.05. The van der Waals surface area contributed by atoms with Crippen molar-refractivity contribution in [1.29, 1.82) is 0 Å². The normalized spacial score (nSPS) is 12.5. The quantitative estimate of drug-likeness (QED) is 0.848. The fourth-order valence-electron chi connectivity index (χ4n) is 1.71. The molecule has 0 aliphatic rings. The highest BCUT2D eigenvalue weighted by Gasteiger charge is 2.17. The maximum Gasteiger partial charge on any atom is 0.247 e. The topological polar surface area (TPSA) is 106 Å². The third-order valence-corrected chi connectivity index (χ3v) is 6.82. The van der Waals surface area contributed by atoms with Crippen molar-refractivity contribution >= 4 is 31.4 Å². The summed E-state index contributed by atoms with van der Waals surface area (Å²) in [7, 11) is -7.39. The van der Waals surface area contributed by atoms with Gasteiger partial charge in [0.25, 0.3) is 0 Å². The van der Waals surface area contributed by atoms with Gasteiger partial charge in [-0.2, -0.15) is 0 Å². The van der Waals surface area contributed by atoms with Crippen molar-refractivity contribution in [3.05, 3.63) is 46.8 Å². The summed E-state index contributed by atoms with van der Waals surface area (Å²) in [6.07, 6.45) is 0. The van der Waals surface area contributed by atoms with Crippen LogP contribution in [0.25, 0.3) is 0 Å². The van der Waals surface area contributed by atoms with Crippen LogP contribution in [-0.2, 0) is 26.6 Å². The van der Waals surface area contributed by atoms with Gasteiger partial charge in [-0.15, -0.1) is 11.3 Å². The van der Waals surface area contributed by atoms with E-state index in [1.165, 1.54) is 18.2 Å². The number of hydrogen-bond donors (Lipinski definition) is 2. The number of rotatable bonds is 5. The van der Waals surface area contributed by atoms with E-state index in [0.717, 1.165) is 11.3 Å². The monoisotopic (exact) mass is 346 g/mol. The van der Waals surface area contributed by atoms with Gasteiger partial charge >= 0.3 is 0 Å². The minimum Gasteiger partial charge on any atom is -0.224 e. The predicted molar refractivity (Wildman–Crippen MR) is 80.9 cm³/mol. The Morgan fingerprint density at radius 3 is 2.33 bits per heavy atom. The van der Waals surface area contributed by atoms with E-state index in [2.05, 4.69) is 4.72 Å². The van der Waals surface area contributed by atoms with Crippen molar-refractivity contribution in [2.75, 3.05) is 0 Å². The van der Waals surface area contributed by atoms with Crippen LogP contribution in [0.4, 0.5) is 0 Å². The molecule has 114 valence electrons. The maximum absolute atomic E-state index is 12.2. The lowest BCUT2D eigenvalue weighted by molar-refractivity contribution is 0.581. The van der Waals surface area contributed by atoms with Crippen LogP contribution in [0.15, 0.2) is 45.5 Å². The first-order valence-electron chi connectivity index (χ1n) is 5.87. The van der Waals surface area contributed by atoms with Gasteiger partial charge in [-0.3, -0.25) is 0 Å². The molecule has 0 atom stereocenters. The largest absolute Gasteiger partial charge is 0.247 e. The lowest BCUT2D eigenvalue weighted by Crippen LogP contribution is -2.23. The number of benzene rings is 1. The Morgan fingerprint density at radius 1 is 1.10 bits per heavy atom. The van der Waals surface area contributed by atoms with Crippen molar-refractivity contribution in [3.63, 3.8) is 0 Å². The first-order valence-corrected chi connectivity index (χ1v) is 9.71. The lowest BCUT2D eigenvalue weighted by Gasteiger charge is -2.08. The van der Waals surface area contributed by atoms with Crippen molar-refractivity contribution in [2.45, 2.75) is 22.6 Å². The lowest BCUT2D eigenvalue weighted by atomic mass is 10.2. The number of primary sulfonamides is 1. The van der Waals surface area contributed by atoms with Crippen LogP contribution >= 0.6 is 11.3 Å². The molecule has 3 N–H and O–H groups in total. The summed E-state index contributed by atoms with van der Waals surface area (Å²) in [5, 5.41) is 5.01. The SMILES string of the molecule is Cc1ccccc1S(=O)(=O)NCc1ccc(S(N)(=O)=O)s1. The number of aryl methyl sites for hydroxylation is 1. The standard InChI is InChI=1S/C12H14N2O4S3/c1-9-4-2-3-5-11(9)21(17,18)14-8-10-6-7-12(19-10)20(13,15)16/h2-7,14H,8H2,1H3,(H2,13,15,16). The number of nitrogens with one attached hydrogen (secondary N) is 1. The molecule has 0 bridgehead atoms. The fraction of sp³-hybridized carbons (Fsp3) is 0.167. The Bertz CT molecular complexity index is 854. The van der Waals surface area contributed by atoms with Crippen LogP contribution in [-0.4, -0.2) is 16.8 Å². The Labute approximate surface area is 127 Å². The minimum absolute atomic E-state index is 0.00703. The molecule has 0 fully saturated rings. The van der Waals surface area contributed by atoms with E-state index in [4.69, 9.17) is 5.14 Å². The van der Waals surface area contributed by atoms with E-state index in [-0.39, 0.29) is 15.6 Å². The molecule has 2 rings (SSSR count). The van der Waals surface area contributed by atoms with Gasteiger partial charge in [0.05, 0.1) is 4.90 Å². The van der Waals surface area contributed by atoms with Gasteiger partial charge in [-0.05, 0) is 30.7 Å². The first kappa shape index (κ1) is 16.1. The molecule has 0 saturated carbocycles. The van der Waals surface area contributed by atoms with Gasteiger partial charge in [0.1, 0.15) is 4.21 Å². The summed E-state index contributed by atoms with van der Waals surface area (Å²) in [6.45, 7) is 1.72. The zero-order valence-corrected chi connectivity index (χ0v) is 13.6. The average molecular weight is 346 g/mol. The van der Waals surface area contributed by atoms with E-state index in [0.29, 0.717) is 10.4 Å². The predicted octanol–water partition coefficient (Wildman–Crippen LogP) is 1.18. The second kappa shape index (κ2) is 5.85. The molecule has 0 saturated heterocycles. The molecule has 0 unspecified atom stereocenters. The minimum atomic E-state index is -3.75. The van der Waals surface area contributed by atoms with E-state index < -0.39 is 20.0 Å². The molecular weight excluding hydrogens is 332 g/mol. The Kier molecular flexibility index (Phi) is 4.49. The van der Waals surface area contributed by atoms with Crippen LogP contribution in [0.2, 0.25) is 0 Å². The van der Waals surface area contributed by atoms with Crippen LogP contribution in [0, 0.1) is 6.92 Å². The van der Waals surface area contributed by atoms with E-state index in [9.17, 15) is 16.8 Å². The summed E-state index contributed by atoms with van der Waals surface area (Å²) in [5.41, 5.74) is 0.640. The van der Waals surface area contributed by atoms with Crippen molar-refractivity contribution in [1.82, 2.24) is 4.72 Å². The van der Waals surface area contributed by atoms with Gasteiger partial charge in [0, 0.05) is 11.4 Å². The van der Waals surface area contributed by atoms with Crippen molar-refractivity contribution in [3.8, 4) is 0 Å². The Hall–Kier alpha value is -1.26. The molecule has 2 aromatic rings. The Balaban J connectivity index is 2.16. The molecular formula is C12H14N2O4S3. The molecule has 0 amide bonds. The second-order valence-electron chi connectivity index (χ2n) is 4.36. The van der Waals surface area contributed by atoms with Crippen molar-refractivity contribution in [2.24, 2.45) is 5.14 Å². The summed E-state index contributed by atoms with van der Waals surface area (Å²) in [5.74, 6) is 0. The summed E-state index contributed by atoms with van der Waals surface area (Å²) >= 11 is 0.940. The van der Waals surface area contributed by atoms with Crippen LogP contribution < -0.4 is 9.86 Å². The van der Waals surface area contributed by atoms with Gasteiger partial charge in [0.2, 0.25) is 20.0 Å². The van der Waals surface area contributed by atoms with Crippen molar-refractivity contribution < 1.29 is 16.8 Å². The van der Waals surface area contributed by atoms with E-state index >= 15 is 0 Å². The summed E-state index contributed by atoms with van der Waals surface area (Å²) < 4.78 is 49.1. The Morgan fingerprint density at radius 2 is 1.76 bits per heavy atom. The molecule has 0 aliphatic carbocycles. The van der Waals surface area contributed by atoms with Crippen LogP contribution in [0.3, 0.4) is 0 Å². The molecule has 1 aromatic heterocycles. The molecule has 0 radical (unpaired) electrons.